The van der Waals surface area contributed by atoms with Crippen molar-refractivity contribution in [1.29, 1.82) is 0 Å². The van der Waals surface area contributed by atoms with Gasteiger partial charge in [0.2, 0.25) is 0 Å². The topological polar surface area (TPSA) is 79.8 Å². The van der Waals surface area contributed by atoms with Crippen LogP contribution < -0.4 is 9.64 Å². The Morgan fingerprint density at radius 1 is 1.03 bits per heavy atom. The van der Waals surface area contributed by atoms with E-state index in [-0.39, 0.29) is 22.1 Å². The van der Waals surface area contributed by atoms with Gasteiger partial charge in [-0.15, -0.1) is 0 Å². The van der Waals surface area contributed by atoms with Gasteiger partial charge in [0.1, 0.15) is 5.75 Å². The Kier molecular flexibility index (Phi) is 8.45. The average molecular weight is 490 g/mol. The summed E-state index contributed by atoms with van der Waals surface area (Å²) >= 11 is 1.40. The van der Waals surface area contributed by atoms with E-state index in [4.69, 9.17) is 9.72 Å². The minimum Gasteiger partial charge on any atom is -0.494 e. The Hall–Kier alpha value is -2.49. The first kappa shape index (κ1) is 25.1. The van der Waals surface area contributed by atoms with Gasteiger partial charge in [-0.1, -0.05) is 44.2 Å². The number of hydrogen-bond acceptors (Lipinski definition) is 7. The minimum atomic E-state index is -3.56. The molecule has 0 spiro atoms. The van der Waals surface area contributed by atoms with Gasteiger partial charge in [-0.3, -0.25) is 9.69 Å². The van der Waals surface area contributed by atoms with Gasteiger partial charge in [-0.2, -0.15) is 0 Å². The van der Waals surface area contributed by atoms with E-state index in [0.717, 1.165) is 29.1 Å². The summed E-state index contributed by atoms with van der Waals surface area (Å²) in [6, 6.07) is 12.1. The molecule has 0 fully saturated rings. The van der Waals surface area contributed by atoms with E-state index in [1.54, 1.807) is 30.0 Å². The maximum atomic E-state index is 13.7. The molecular weight excluding hydrogens is 458 g/mol. The average Bonchev–Trinajstić information content (AvgIpc) is 3.25. The molecule has 0 aliphatic heterocycles. The van der Waals surface area contributed by atoms with Crippen LogP contribution >= 0.6 is 11.3 Å². The fraction of sp³-hybridized carbons (Fsp3) is 0.417. The highest BCUT2D eigenvalue weighted by Crippen LogP contribution is 2.33. The van der Waals surface area contributed by atoms with Crippen LogP contribution in [0.25, 0.3) is 10.2 Å². The fourth-order valence-electron chi connectivity index (χ4n) is 3.55. The highest BCUT2D eigenvalue weighted by atomic mass is 32.2. The van der Waals surface area contributed by atoms with Crippen LogP contribution in [0.4, 0.5) is 5.13 Å². The molecule has 0 bridgehead atoms. The Balaban J connectivity index is 2.06. The van der Waals surface area contributed by atoms with E-state index >= 15 is 0 Å². The lowest BCUT2D eigenvalue weighted by Crippen LogP contribution is -2.39. The van der Waals surface area contributed by atoms with Crippen molar-refractivity contribution in [1.82, 2.24) is 9.88 Å². The lowest BCUT2D eigenvalue weighted by atomic mass is 10.2. The van der Waals surface area contributed by atoms with Crippen LogP contribution in [0.1, 0.15) is 38.1 Å². The standard InChI is InChI=1S/C24H31N3O4S2/c1-5-26(6-2)15-16-27(23(28)19-11-9-10-12-22(19)33(29,30)8-4)24-25-20-14-13-18(31-7-3)17-21(20)32-24/h9-14,17H,5-8,15-16H2,1-4H3. The molecule has 9 heteroatoms. The van der Waals surface area contributed by atoms with Gasteiger partial charge < -0.3 is 9.64 Å². The van der Waals surface area contributed by atoms with Gasteiger partial charge in [0.25, 0.3) is 5.91 Å². The molecule has 0 atom stereocenters. The summed E-state index contributed by atoms with van der Waals surface area (Å²) in [5.41, 5.74) is 0.946. The fourth-order valence-corrected chi connectivity index (χ4v) is 5.65. The summed E-state index contributed by atoms with van der Waals surface area (Å²) in [5.74, 6) is 0.317. The quantitative estimate of drug-likeness (QED) is 0.395. The molecule has 0 unspecified atom stereocenters. The number of likely N-dealkylation sites (N-methyl/N-ethyl adjacent to an activating group) is 1. The summed E-state index contributed by atoms with van der Waals surface area (Å²) in [7, 11) is -3.56. The van der Waals surface area contributed by atoms with Crippen LogP contribution in [0.5, 0.6) is 5.75 Å². The lowest BCUT2D eigenvalue weighted by molar-refractivity contribution is 0.0980. The van der Waals surface area contributed by atoms with Crippen molar-refractivity contribution in [2.24, 2.45) is 0 Å². The maximum Gasteiger partial charge on any atom is 0.261 e. The van der Waals surface area contributed by atoms with Crippen LogP contribution in [0.15, 0.2) is 47.4 Å². The van der Waals surface area contributed by atoms with Gasteiger partial charge in [-0.25, -0.2) is 13.4 Å². The molecule has 33 heavy (non-hydrogen) atoms. The van der Waals surface area contributed by atoms with Crippen LogP contribution in [0.3, 0.4) is 0 Å². The van der Waals surface area contributed by atoms with E-state index in [2.05, 4.69) is 18.7 Å². The summed E-state index contributed by atoms with van der Waals surface area (Å²) in [4.78, 5) is 22.3. The first-order chi connectivity index (χ1) is 15.8. The van der Waals surface area contributed by atoms with Crippen molar-refractivity contribution >= 4 is 42.4 Å². The molecule has 1 amide bonds. The van der Waals surface area contributed by atoms with Gasteiger partial charge in [0.05, 0.1) is 33.0 Å². The van der Waals surface area contributed by atoms with Crippen molar-refractivity contribution in [2.75, 3.05) is 43.4 Å². The molecule has 178 valence electrons. The predicted octanol–water partition coefficient (Wildman–Crippen LogP) is 4.48. The number of ether oxygens (including phenoxy) is 1. The number of amides is 1. The smallest absolute Gasteiger partial charge is 0.261 e. The number of thiazole rings is 1. The number of fused-ring (bicyclic) bond motifs is 1. The summed E-state index contributed by atoms with van der Waals surface area (Å²) in [5, 5.41) is 0.541. The lowest BCUT2D eigenvalue weighted by Gasteiger charge is -2.25. The monoisotopic (exact) mass is 489 g/mol. The Bertz CT molecular complexity index is 1200. The van der Waals surface area contributed by atoms with Crippen molar-refractivity contribution < 1.29 is 17.9 Å². The van der Waals surface area contributed by atoms with E-state index < -0.39 is 9.84 Å². The molecule has 0 N–H and O–H groups in total. The third-order valence-electron chi connectivity index (χ3n) is 5.50. The van der Waals surface area contributed by atoms with E-state index in [9.17, 15) is 13.2 Å². The van der Waals surface area contributed by atoms with E-state index in [1.165, 1.54) is 17.4 Å². The van der Waals surface area contributed by atoms with E-state index in [1.807, 2.05) is 25.1 Å². The molecule has 3 rings (SSSR count). The van der Waals surface area contributed by atoms with Crippen LogP contribution in [-0.4, -0.2) is 62.7 Å². The Morgan fingerprint density at radius 3 is 2.42 bits per heavy atom. The van der Waals surface area contributed by atoms with Crippen LogP contribution in [-0.2, 0) is 9.84 Å². The van der Waals surface area contributed by atoms with Gasteiger partial charge in [0.15, 0.2) is 15.0 Å². The molecule has 1 aromatic heterocycles. The number of carbonyl (C=O) groups excluding carboxylic acids is 1. The van der Waals surface area contributed by atoms with Crippen molar-refractivity contribution in [3.8, 4) is 5.75 Å². The number of aromatic nitrogens is 1. The Morgan fingerprint density at radius 2 is 1.76 bits per heavy atom. The number of nitrogens with zero attached hydrogens (tertiary/aromatic N) is 3. The molecule has 1 heterocycles. The Labute approximate surface area is 199 Å². The first-order valence-electron chi connectivity index (χ1n) is 11.2. The molecule has 0 radical (unpaired) electrons. The van der Waals surface area contributed by atoms with Crippen LogP contribution in [0, 0.1) is 0 Å². The molecule has 2 aromatic carbocycles. The van der Waals surface area contributed by atoms with E-state index in [0.29, 0.717) is 24.8 Å². The number of anilines is 1. The van der Waals surface area contributed by atoms with Gasteiger partial charge >= 0.3 is 0 Å². The predicted molar refractivity (Wildman–Crippen MR) is 134 cm³/mol. The second-order valence-corrected chi connectivity index (χ2v) is 10.7. The summed E-state index contributed by atoms with van der Waals surface area (Å²) in [6.07, 6.45) is 0. The number of sulfone groups is 1. The third kappa shape index (κ3) is 5.72. The highest BCUT2D eigenvalue weighted by molar-refractivity contribution is 7.91. The van der Waals surface area contributed by atoms with Crippen molar-refractivity contribution in [2.45, 2.75) is 32.6 Å². The number of rotatable bonds is 11. The molecular formula is C24H31N3O4S2. The molecule has 0 aliphatic carbocycles. The molecule has 0 aliphatic rings. The normalized spacial score (nSPS) is 11.8. The van der Waals surface area contributed by atoms with Crippen molar-refractivity contribution in [3.05, 3.63) is 48.0 Å². The van der Waals surface area contributed by atoms with Gasteiger partial charge in [0, 0.05) is 13.1 Å². The molecule has 0 saturated carbocycles. The van der Waals surface area contributed by atoms with Crippen molar-refractivity contribution in [3.63, 3.8) is 0 Å². The summed E-state index contributed by atoms with van der Waals surface area (Å²) < 4.78 is 31.9. The van der Waals surface area contributed by atoms with Gasteiger partial charge in [-0.05, 0) is 50.3 Å². The number of benzene rings is 2. The zero-order valence-corrected chi connectivity index (χ0v) is 21.2. The number of carbonyl (C=O) groups is 1. The minimum absolute atomic E-state index is 0.0603. The zero-order chi connectivity index (χ0) is 24.0. The SMILES string of the molecule is CCOc1ccc2nc(N(CCN(CC)CC)C(=O)c3ccccc3S(=O)(=O)CC)sc2c1. The molecule has 3 aromatic rings. The second kappa shape index (κ2) is 11.1. The first-order valence-corrected chi connectivity index (χ1v) is 13.7. The number of hydrogen-bond donors (Lipinski definition) is 0. The zero-order valence-electron chi connectivity index (χ0n) is 19.6. The maximum absolute atomic E-state index is 13.7. The summed E-state index contributed by atoms with van der Waals surface area (Å²) in [6.45, 7) is 11.0. The third-order valence-corrected chi connectivity index (χ3v) is 8.33. The second-order valence-electron chi connectivity index (χ2n) is 7.44. The highest BCUT2D eigenvalue weighted by Gasteiger charge is 2.27. The largest absolute Gasteiger partial charge is 0.494 e. The van der Waals surface area contributed by atoms with Crippen LogP contribution in [0.2, 0.25) is 0 Å². The molecule has 0 saturated heterocycles. The molecule has 7 nitrogen and oxygen atoms in total.